The molecule has 5 rings (SSSR count). The van der Waals surface area contributed by atoms with E-state index >= 15 is 0 Å². The molecule has 1 spiro atoms. The second-order valence-corrected chi connectivity index (χ2v) is 11.9. The van der Waals surface area contributed by atoms with Crippen LogP contribution in [0.1, 0.15) is 56.5 Å². The molecule has 8 nitrogen and oxygen atoms in total. The Morgan fingerprint density at radius 2 is 1.67 bits per heavy atom. The van der Waals surface area contributed by atoms with Crippen LogP contribution in [0.5, 0.6) is 11.5 Å². The predicted molar refractivity (Wildman–Crippen MR) is 156 cm³/mol. The van der Waals surface area contributed by atoms with E-state index in [-0.39, 0.29) is 46.4 Å². The normalized spacial score (nSPS) is 15.8. The van der Waals surface area contributed by atoms with Gasteiger partial charge in [-0.05, 0) is 76.4 Å². The minimum Gasteiger partial charge on any atom is -0.451 e. The summed E-state index contributed by atoms with van der Waals surface area (Å²) in [6, 6.07) is 10.0. The number of carbonyl (C=O) groups excluding carboxylic acids is 2. The van der Waals surface area contributed by atoms with Crippen molar-refractivity contribution in [3.05, 3.63) is 77.8 Å². The Morgan fingerprint density at radius 1 is 0.976 bits per heavy atom. The lowest BCUT2D eigenvalue weighted by Crippen LogP contribution is -2.58. The molecule has 3 heterocycles. The second-order valence-electron chi connectivity index (χ2n) is 11.9. The van der Waals surface area contributed by atoms with E-state index in [1.807, 2.05) is 32.6 Å². The van der Waals surface area contributed by atoms with Crippen LogP contribution in [0.4, 0.5) is 14.6 Å². The summed E-state index contributed by atoms with van der Waals surface area (Å²) in [6.07, 6.45) is 4.86. The molecule has 0 radical (unpaired) electrons. The van der Waals surface area contributed by atoms with Gasteiger partial charge in [0.15, 0.2) is 11.6 Å². The highest BCUT2D eigenvalue weighted by molar-refractivity contribution is 5.97. The maximum atomic E-state index is 14.3. The van der Waals surface area contributed by atoms with E-state index in [0.29, 0.717) is 50.6 Å². The quantitative estimate of drug-likeness (QED) is 0.335. The summed E-state index contributed by atoms with van der Waals surface area (Å²) >= 11 is 0. The van der Waals surface area contributed by atoms with Crippen molar-refractivity contribution in [2.24, 2.45) is 5.41 Å². The summed E-state index contributed by atoms with van der Waals surface area (Å²) < 4.78 is 33.7. The molecular formula is C32H37F2N5O3. The molecule has 3 aromatic rings. The first-order valence-corrected chi connectivity index (χ1v) is 14.4. The minimum absolute atomic E-state index is 0.0280. The van der Waals surface area contributed by atoms with Crippen LogP contribution in [-0.2, 0) is 11.2 Å². The van der Waals surface area contributed by atoms with E-state index < -0.39 is 5.82 Å². The molecule has 1 aromatic heterocycles. The Kier molecular flexibility index (Phi) is 8.43. The first kappa shape index (κ1) is 29.4. The third-order valence-corrected chi connectivity index (χ3v) is 8.08. The number of halogens is 2. The summed E-state index contributed by atoms with van der Waals surface area (Å²) in [5.74, 6) is 0.178. The van der Waals surface area contributed by atoms with E-state index in [9.17, 15) is 18.4 Å². The van der Waals surface area contributed by atoms with Crippen molar-refractivity contribution < 1.29 is 23.1 Å². The van der Waals surface area contributed by atoms with Crippen LogP contribution in [0.25, 0.3) is 0 Å². The Morgan fingerprint density at radius 3 is 2.36 bits per heavy atom. The summed E-state index contributed by atoms with van der Waals surface area (Å²) in [5.41, 5.74) is 1.05. The molecule has 222 valence electrons. The number of aryl methyl sites for hydroxylation is 1. The van der Waals surface area contributed by atoms with Crippen molar-refractivity contribution in [1.82, 2.24) is 19.8 Å². The SMILES string of the molecule is CC(C)N(C(=O)c1cc(F)ccc1Oc1cncnc1N1CC2(CCN(C(=O)CCc3ccc(F)cc3)C2)C1)C(C)C. The number of likely N-dealkylation sites (tertiary alicyclic amines) is 1. The van der Waals surface area contributed by atoms with Crippen molar-refractivity contribution >= 4 is 17.6 Å². The smallest absolute Gasteiger partial charge is 0.258 e. The number of aromatic nitrogens is 2. The molecule has 0 N–H and O–H groups in total. The number of benzene rings is 2. The van der Waals surface area contributed by atoms with Gasteiger partial charge in [0.25, 0.3) is 5.91 Å². The van der Waals surface area contributed by atoms with Crippen molar-refractivity contribution in [3.63, 3.8) is 0 Å². The van der Waals surface area contributed by atoms with Gasteiger partial charge in [-0.1, -0.05) is 12.1 Å². The van der Waals surface area contributed by atoms with Gasteiger partial charge in [-0.3, -0.25) is 9.59 Å². The van der Waals surface area contributed by atoms with Gasteiger partial charge in [0.2, 0.25) is 5.91 Å². The van der Waals surface area contributed by atoms with Crippen LogP contribution >= 0.6 is 0 Å². The van der Waals surface area contributed by atoms with Crippen LogP contribution < -0.4 is 9.64 Å². The highest BCUT2D eigenvalue weighted by Crippen LogP contribution is 2.44. The van der Waals surface area contributed by atoms with Gasteiger partial charge in [0, 0.05) is 50.1 Å². The molecule has 2 fully saturated rings. The van der Waals surface area contributed by atoms with E-state index in [1.54, 1.807) is 23.2 Å². The zero-order valence-corrected chi connectivity index (χ0v) is 24.5. The van der Waals surface area contributed by atoms with Gasteiger partial charge < -0.3 is 19.4 Å². The molecule has 2 aliphatic rings. The van der Waals surface area contributed by atoms with Gasteiger partial charge in [0.1, 0.15) is 23.7 Å². The molecule has 0 atom stereocenters. The number of rotatable bonds is 9. The van der Waals surface area contributed by atoms with Crippen LogP contribution in [0.15, 0.2) is 55.0 Å². The van der Waals surface area contributed by atoms with E-state index in [0.717, 1.165) is 12.0 Å². The first-order chi connectivity index (χ1) is 20.0. The summed E-state index contributed by atoms with van der Waals surface area (Å²) in [6.45, 7) is 10.5. The monoisotopic (exact) mass is 577 g/mol. The lowest BCUT2D eigenvalue weighted by atomic mass is 9.79. The minimum atomic E-state index is -0.523. The topological polar surface area (TPSA) is 78.9 Å². The maximum Gasteiger partial charge on any atom is 0.258 e. The fraction of sp³-hybridized carbons (Fsp3) is 0.438. The van der Waals surface area contributed by atoms with Gasteiger partial charge in [-0.25, -0.2) is 18.7 Å². The molecule has 2 saturated heterocycles. The highest BCUT2D eigenvalue weighted by atomic mass is 19.1. The van der Waals surface area contributed by atoms with Gasteiger partial charge in [-0.2, -0.15) is 0 Å². The van der Waals surface area contributed by atoms with Crippen LogP contribution in [0, 0.1) is 17.0 Å². The van der Waals surface area contributed by atoms with Crippen LogP contribution in [0.3, 0.4) is 0 Å². The van der Waals surface area contributed by atoms with E-state index in [1.165, 1.54) is 36.7 Å². The fourth-order valence-corrected chi connectivity index (χ4v) is 6.08. The maximum absolute atomic E-state index is 14.3. The number of hydrogen-bond donors (Lipinski definition) is 0. The molecule has 2 amide bonds. The molecular weight excluding hydrogens is 540 g/mol. The number of ether oxygens (including phenoxy) is 1. The van der Waals surface area contributed by atoms with Crippen molar-refractivity contribution in [2.75, 3.05) is 31.1 Å². The van der Waals surface area contributed by atoms with Crippen molar-refractivity contribution in [1.29, 1.82) is 0 Å². The molecule has 2 aromatic carbocycles. The highest BCUT2D eigenvalue weighted by Gasteiger charge is 2.49. The van der Waals surface area contributed by atoms with E-state index in [2.05, 4.69) is 14.9 Å². The Hall–Kier alpha value is -4.08. The Balaban J connectivity index is 1.25. The zero-order valence-electron chi connectivity index (χ0n) is 24.5. The molecule has 0 aliphatic carbocycles. The third kappa shape index (κ3) is 6.22. The fourth-order valence-electron chi connectivity index (χ4n) is 6.08. The number of anilines is 1. The van der Waals surface area contributed by atoms with E-state index in [4.69, 9.17) is 4.74 Å². The number of nitrogens with zero attached hydrogens (tertiary/aromatic N) is 5. The first-order valence-electron chi connectivity index (χ1n) is 14.4. The Bertz CT molecular complexity index is 1430. The molecule has 0 bridgehead atoms. The molecule has 0 saturated carbocycles. The molecule has 10 heteroatoms. The van der Waals surface area contributed by atoms with Gasteiger partial charge in [0.05, 0.1) is 11.8 Å². The van der Waals surface area contributed by atoms with Crippen LogP contribution in [0.2, 0.25) is 0 Å². The average molecular weight is 578 g/mol. The third-order valence-electron chi connectivity index (χ3n) is 8.08. The molecule has 2 aliphatic heterocycles. The lowest BCUT2D eigenvalue weighted by Gasteiger charge is -2.48. The predicted octanol–water partition coefficient (Wildman–Crippen LogP) is 5.48. The lowest BCUT2D eigenvalue weighted by molar-refractivity contribution is -0.130. The average Bonchev–Trinajstić information content (AvgIpc) is 3.39. The summed E-state index contributed by atoms with van der Waals surface area (Å²) in [5, 5.41) is 0. The molecule has 42 heavy (non-hydrogen) atoms. The standard InChI is InChI=1S/C32H37F2N5O3/c1-21(2)39(22(3)4)31(41)26-15-25(34)10-11-27(26)42-28-16-35-20-36-30(28)38-18-32(19-38)13-14-37(17-32)29(40)12-7-23-5-8-24(33)9-6-23/h5-6,8-11,15-16,20-22H,7,12-14,17-19H2,1-4H3. The van der Waals surface area contributed by atoms with Crippen molar-refractivity contribution in [3.8, 4) is 11.5 Å². The molecule has 0 unspecified atom stereocenters. The van der Waals surface area contributed by atoms with Crippen LogP contribution in [-0.4, -0.2) is 69.8 Å². The van der Waals surface area contributed by atoms with Crippen molar-refractivity contribution in [2.45, 2.75) is 59.0 Å². The van der Waals surface area contributed by atoms with Gasteiger partial charge >= 0.3 is 0 Å². The second kappa shape index (κ2) is 12.0. The largest absolute Gasteiger partial charge is 0.451 e. The summed E-state index contributed by atoms with van der Waals surface area (Å²) in [7, 11) is 0. The Labute approximate surface area is 245 Å². The number of amides is 2. The zero-order chi connectivity index (χ0) is 30.0. The number of hydrogen-bond acceptors (Lipinski definition) is 6. The summed E-state index contributed by atoms with van der Waals surface area (Å²) in [4.78, 5) is 40.7. The van der Waals surface area contributed by atoms with Gasteiger partial charge in [-0.15, -0.1) is 0 Å². The number of carbonyl (C=O) groups is 2.